The van der Waals surface area contributed by atoms with Crippen LogP contribution in [0.1, 0.15) is 5.56 Å². The first-order chi connectivity index (χ1) is 8.33. The van der Waals surface area contributed by atoms with E-state index in [-0.39, 0.29) is 0 Å². The fourth-order valence-corrected chi connectivity index (χ4v) is 3.67. The highest BCUT2D eigenvalue weighted by atomic mass is 33.1. The molecule has 17 heavy (non-hydrogen) atoms. The van der Waals surface area contributed by atoms with E-state index in [9.17, 15) is 4.55 Å². The van der Waals surface area contributed by atoms with Crippen molar-refractivity contribution in [3.05, 3.63) is 60.0 Å². The van der Waals surface area contributed by atoms with E-state index in [2.05, 4.69) is 6.58 Å². The Morgan fingerprint density at radius 3 is 2.76 bits per heavy atom. The van der Waals surface area contributed by atoms with Crippen molar-refractivity contribution < 1.29 is 4.55 Å². The molecule has 4 heteroatoms. The van der Waals surface area contributed by atoms with Gasteiger partial charge in [-0.25, -0.2) is 0 Å². The molecule has 1 rings (SSSR count). The van der Waals surface area contributed by atoms with E-state index in [4.69, 9.17) is 0 Å². The normalized spacial score (nSPS) is 12.8. The van der Waals surface area contributed by atoms with Gasteiger partial charge in [-0.05, 0) is 22.7 Å². The maximum Gasteiger partial charge on any atom is 0.130 e. The van der Waals surface area contributed by atoms with E-state index >= 15 is 0 Å². The van der Waals surface area contributed by atoms with Crippen LogP contribution in [0.4, 0.5) is 0 Å². The van der Waals surface area contributed by atoms with Gasteiger partial charge in [0.2, 0.25) is 0 Å². The van der Waals surface area contributed by atoms with Gasteiger partial charge >= 0.3 is 0 Å². The lowest BCUT2D eigenvalue weighted by molar-refractivity contribution is 0.597. The number of hydrogen-bond acceptors (Lipinski definition) is 3. The lowest BCUT2D eigenvalue weighted by atomic mass is 10.2. The Kier molecular flexibility index (Phi) is 8.44. The summed E-state index contributed by atoms with van der Waals surface area (Å²) in [7, 11) is 3.38. The molecule has 1 aromatic carbocycles. The zero-order chi connectivity index (χ0) is 12.3. The second kappa shape index (κ2) is 9.71. The maximum absolute atomic E-state index is 11.7. The van der Waals surface area contributed by atoms with Crippen LogP contribution < -0.4 is 0 Å². The third-order valence-electron chi connectivity index (χ3n) is 1.86. The van der Waals surface area contributed by atoms with Gasteiger partial charge in [0, 0.05) is 11.3 Å². The molecule has 0 radical (unpaired) electrons. The molecular formula is C13H16OS3. The number of rotatable bonds is 8. The maximum atomic E-state index is 11.7. The standard InChI is InChI=1S/C13H16OS3/c1-2-9-15-16-10-6-11-17(14)12-13-7-4-3-5-8-13/h2-8,10H,1,9,11-12H2/b10-6-. The van der Waals surface area contributed by atoms with Gasteiger partial charge in [-0.2, -0.15) is 0 Å². The Morgan fingerprint density at radius 2 is 2.06 bits per heavy atom. The minimum absolute atomic E-state index is 0.622. The van der Waals surface area contributed by atoms with E-state index in [0.717, 1.165) is 11.3 Å². The van der Waals surface area contributed by atoms with Gasteiger partial charge < -0.3 is 4.55 Å². The second-order valence-corrected chi connectivity index (χ2v) is 7.10. The smallest absolute Gasteiger partial charge is 0.130 e. The van der Waals surface area contributed by atoms with Crippen molar-refractivity contribution in [2.45, 2.75) is 5.75 Å². The molecule has 0 heterocycles. The molecule has 1 nitrogen and oxygen atoms in total. The van der Waals surface area contributed by atoms with Crippen LogP contribution in [0.3, 0.4) is 0 Å². The van der Waals surface area contributed by atoms with E-state index in [1.54, 1.807) is 21.6 Å². The summed E-state index contributed by atoms with van der Waals surface area (Å²) in [6, 6.07) is 9.95. The van der Waals surface area contributed by atoms with Crippen LogP contribution >= 0.6 is 21.6 Å². The van der Waals surface area contributed by atoms with Crippen molar-refractivity contribution in [3.8, 4) is 0 Å². The van der Waals surface area contributed by atoms with Crippen molar-refractivity contribution in [1.29, 1.82) is 0 Å². The molecule has 0 saturated heterocycles. The Labute approximate surface area is 114 Å². The first-order valence-electron chi connectivity index (χ1n) is 5.26. The summed E-state index contributed by atoms with van der Waals surface area (Å²) in [4.78, 5) is 0. The average molecular weight is 284 g/mol. The fourth-order valence-electron chi connectivity index (χ4n) is 1.13. The van der Waals surface area contributed by atoms with Crippen LogP contribution in [0.25, 0.3) is 0 Å². The molecule has 0 aliphatic heterocycles. The summed E-state index contributed by atoms with van der Waals surface area (Å²) in [5, 5.41) is 2.00. The minimum atomic E-state index is -0.808. The molecule has 1 unspecified atom stereocenters. The van der Waals surface area contributed by atoms with Crippen LogP contribution in [0.2, 0.25) is 0 Å². The molecule has 0 bridgehead atoms. The third-order valence-corrected chi connectivity index (χ3v) is 5.04. The Morgan fingerprint density at radius 1 is 1.29 bits per heavy atom. The average Bonchev–Trinajstić information content (AvgIpc) is 2.35. The highest BCUT2D eigenvalue weighted by molar-refractivity contribution is 8.77. The molecule has 1 atom stereocenters. The quantitative estimate of drug-likeness (QED) is 0.312. The van der Waals surface area contributed by atoms with Crippen molar-refractivity contribution in [2.75, 3.05) is 11.5 Å². The SMILES string of the molecule is C=CCSS/C=C\C[S+]([O-])Cc1ccccc1. The summed E-state index contributed by atoms with van der Waals surface area (Å²) >= 11 is -0.808. The monoisotopic (exact) mass is 284 g/mol. The lowest BCUT2D eigenvalue weighted by Gasteiger charge is -2.08. The Bertz CT molecular complexity index is 338. The summed E-state index contributed by atoms with van der Waals surface area (Å²) in [5.41, 5.74) is 1.13. The zero-order valence-corrected chi connectivity index (χ0v) is 12.0. The van der Waals surface area contributed by atoms with Crippen LogP contribution in [-0.2, 0) is 16.9 Å². The van der Waals surface area contributed by atoms with Gasteiger partial charge in [0.05, 0.1) is 0 Å². The van der Waals surface area contributed by atoms with Crippen molar-refractivity contribution in [1.82, 2.24) is 0 Å². The van der Waals surface area contributed by atoms with Crippen LogP contribution in [0.15, 0.2) is 54.5 Å². The zero-order valence-electron chi connectivity index (χ0n) is 9.58. The summed E-state index contributed by atoms with van der Waals surface area (Å²) in [5.74, 6) is 2.19. The summed E-state index contributed by atoms with van der Waals surface area (Å²) in [6.07, 6.45) is 3.85. The van der Waals surface area contributed by atoms with Gasteiger partial charge in [-0.3, -0.25) is 0 Å². The van der Waals surface area contributed by atoms with Crippen molar-refractivity contribution >= 4 is 32.8 Å². The first kappa shape index (κ1) is 14.8. The molecule has 0 amide bonds. The van der Waals surface area contributed by atoms with E-state index in [1.807, 2.05) is 47.9 Å². The molecule has 0 saturated carbocycles. The molecule has 0 aliphatic carbocycles. The van der Waals surface area contributed by atoms with Gasteiger partial charge in [-0.1, -0.05) is 58.0 Å². The number of hydrogen-bond donors (Lipinski definition) is 0. The van der Waals surface area contributed by atoms with E-state index in [1.165, 1.54) is 0 Å². The lowest BCUT2D eigenvalue weighted by Crippen LogP contribution is -2.07. The molecule has 0 aromatic heterocycles. The van der Waals surface area contributed by atoms with E-state index < -0.39 is 11.2 Å². The second-order valence-electron chi connectivity index (χ2n) is 3.28. The molecule has 0 aliphatic rings. The third kappa shape index (κ3) is 7.60. The highest BCUT2D eigenvalue weighted by Crippen LogP contribution is 2.22. The number of benzene rings is 1. The van der Waals surface area contributed by atoms with Gasteiger partial charge in [0.15, 0.2) is 0 Å². The molecule has 0 spiro atoms. The Balaban J connectivity index is 2.17. The van der Waals surface area contributed by atoms with Crippen LogP contribution in [0.5, 0.6) is 0 Å². The minimum Gasteiger partial charge on any atom is -0.616 e. The van der Waals surface area contributed by atoms with Gasteiger partial charge in [0.1, 0.15) is 11.5 Å². The van der Waals surface area contributed by atoms with Crippen molar-refractivity contribution in [3.63, 3.8) is 0 Å². The summed E-state index contributed by atoms with van der Waals surface area (Å²) < 4.78 is 11.7. The molecule has 92 valence electrons. The van der Waals surface area contributed by atoms with E-state index in [0.29, 0.717) is 11.5 Å². The molecule has 0 fully saturated rings. The molecular weight excluding hydrogens is 268 g/mol. The summed E-state index contributed by atoms with van der Waals surface area (Å²) in [6.45, 7) is 3.65. The highest BCUT2D eigenvalue weighted by Gasteiger charge is 2.04. The van der Waals surface area contributed by atoms with Gasteiger partial charge in [0.25, 0.3) is 0 Å². The molecule has 1 aromatic rings. The van der Waals surface area contributed by atoms with Crippen LogP contribution in [-0.4, -0.2) is 16.1 Å². The fraction of sp³-hybridized carbons (Fsp3) is 0.231. The largest absolute Gasteiger partial charge is 0.616 e. The predicted octanol–water partition coefficient (Wildman–Crippen LogP) is 4.02. The Hall–Kier alpha value is -0.290. The topological polar surface area (TPSA) is 23.1 Å². The van der Waals surface area contributed by atoms with Crippen LogP contribution in [0, 0.1) is 0 Å². The molecule has 0 N–H and O–H groups in total. The first-order valence-corrected chi connectivity index (χ1v) is 9.13. The predicted molar refractivity (Wildman–Crippen MR) is 82.5 cm³/mol. The van der Waals surface area contributed by atoms with Gasteiger partial charge in [-0.15, -0.1) is 6.58 Å². The van der Waals surface area contributed by atoms with Crippen molar-refractivity contribution in [2.24, 2.45) is 0 Å².